The van der Waals surface area contributed by atoms with Gasteiger partial charge in [0.05, 0.1) is 0 Å². The van der Waals surface area contributed by atoms with Gasteiger partial charge in [-0.1, -0.05) is 25.8 Å². The van der Waals surface area contributed by atoms with Gasteiger partial charge in [0.15, 0.2) is 0 Å². The average Bonchev–Trinajstić information content (AvgIpc) is 2.33. The molecule has 1 aromatic rings. The quantitative estimate of drug-likeness (QED) is 0.842. The monoisotopic (exact) mass is 233 g/mol. The minimum atomic E-state index is 0.231. The number of nitrogen functional groups attached to an aromatic ring is 1. The summed E-state index contributed by atoms with van der Waals surface area (Å²) in [7, 11) is 0. The Hall–Kier alpha value is -1.09. The molecule has 3 nitrogen and oxygen atoms in total. The highest BCUT2D eigenvalue weighted by Gasteiger charge is 2.24. The lowest BCUT2D eigenvalue weighted by molar-refractivity contribution is 0.253. The van der Waals surface area contributed by atoms with Crippen molar-refractivity contribution >= 4 is 5.82 Å². The van der Waals surface area contributed by atoms with Crippen molar-refractivity contribution in [3.8, 4) is 0 Å². The third-order valence-corrected chi connectivity index (χ3v) is 4.05. The fourth-order valence-corrected chi connectivity index (χ4v) is 2.76. The standard InChI is InChI=1S/C14H23N3/c1-10-4-6-11(7-5-10)13(15)9-12-3-2-8-17-14(12)16/h2-3,8,10-11,13H,4-7,9,15H2,1H3,(H2,16,17). The first kappa shape index (κ1) is 12.4. The Kier molecular flexibility index (Phi) is 4.00. The summed E-state index contributed by atoms with van der Waals surface area (Å²) in [6.07, 6.45) is 7.76. The Labute approximate surface area is 104 Å². The van der Waals surface area contributed by atoms with Gasteiger partial charge in [0.2, 0.25) is 0 Å². The fraction of sp³-hybridized carbons (Fsp3) is 0.643. The van der Waals surface area contributed by atoms with Gasteiger partial charge in [0.25, 0.3) is 0 Å². The largest absolute Gasteiger partial charge is 0.383 e. The van der Waals surface area contributed by atoms with Gasteiger partial charge < -0.3 is 11.5 Å². The topological polar surface area (TPSA) is 64.9 Å². The minimum Gasteiger partial charge on any atom is -0.383 e. The van der Waals surface area contributed by atoms with Crippen molar-refractivity contribution in [2.24, 2.45) is 17.6 Å². The van der Waals surface area contributed by atoms with Crippen molar-refractivity contribution in [1.82, 2.24) is 4.98 Å². The number of nitrogens with zero attached hydrogens (tertiary/aromatic N) is 1. The maximum atomic E-state index is 6.31. The Bertz CT molecular complexity index is 356. The summed E-state index contributed by atoms with van der Waals surface area (Å²) in [5, 5.41) is 0. The number of aromatic nitrogens is 1. The molecule has 3 heteroatoms. The fourth-order valence-electron chi connectivity index (χ4n) is 2.76. The van der Waals surface area contributed by atoms with E-state index in [1.54, 1.807) is 6.20 Å². The van der Waals surface area contributed by atoms with Crippen molar-refractivity contribution in [1.29, 1.82) is 0 Å². The maximum Gasteiger partial charge on any atom is 0.126 e. The second kappa shape index (κ2) is 5.50. The molecule has 0 aromatic carbocycles. The van der Waals surface area contributed by atoms with Crippen LogP contribution in [0.25, 0.3) is 0 Å². The summed E-state index contributed by atoms with van der Waals surface area (Å²) >= 11 is 0. The van der Waals surface area contributed by atoms with Gasteiger partial charge in [-0.3, -0.25) is 0 Å². The highest BCUT2D eigenvalue weighted by atomic mass is 14.8. The molecule has 1 heterocycles. The average molecular weight is 233 g/mol. The molecule has 0 aliphatic heterocycles. The molecule has 0 bridgehead atoms. The van der Waals surface area contributed by atoms with E-state index in [1.807, 2.05) is 12.1 Å². The lowest BCUT2D eigenvalue weighted by Gasteiger charge is -2.30. The number of rotatable bonds is 3. The van der Waals surface area contributed by atoms with E-state index in [0.29, 0.717) is 11.7 Å². The van der Waals surface area contributed by atoms with Gasteiger partial charge in [-0.25, -0.2) is 4.98 Å². The van der Waals surface area contributed by atoms with Crippen LogP contribution in [0.1, 0.15) is 38.2 Å². The van der Waals surface area contributed by atoms with Crippen LogP contribution in [0.15, 0.2) is 18.3 Å². The van der Waals surface area contributed by atoms with E-state index >= 15 is 0 Å². The molecule has 1 unspecified atom stereocenters. The van der Waals surface area contributed by atoms with Crippen LogP contribution in [0, 0.1) is 11.8 Å². The van der Waals surface area contributed by atoms with Crippen LogP contribution in [0.5, 0.6) is 0 Å². The second-order valence-corrected chi connectivity index (χ2v) is 5.44. The van der Waals surface area contributed by atoms with Gasteiger partial charge in [-0.2, -0.15) is 0 Å². The molecular weight excluding hydrogens is 210 g/mol. The molecule has 4 N–H and O–H groups in total. The maximum absolute atomic E-state index is 6.31. The third-order valence-electron chi connectivity index (χ3n) is 4.05. The zero-order valence-corrected chi connectivity index (χ0v) is 10.6. The summed E-state index contributed by atoms with van der Waals surface area (Å²) in [6.45, 7) is 2.33. The van der Waals surface area contributed by atoms with Crippen LogP contribution in [-0.4, -0.2) is 11.0 Å². The molecule has 0 amide bonds. The number of hydrogen-bond donors (Lipinski definition) is 2. The van der Waals surface area contributed by atoms with Crippen molar-refractivity contribution in [2.45, 2.75) is 45.1 Å². The van der Waals surface area contributed by atoms with Gasteiger partial charge >= 0.3 is 0 Å². The van der Waals surface area contributed by atoms with E-state index < -0.39 is 0 Å². The van der Waals surface area contributed by atoms with Crippen molar-refractivity contribution in [3.05, 3.63) is 23.9 Å². The first-order valence-electron chi connectivity index (χ1n) is 6.61. The number of hydrogen-bond acceptors (Lipinski definition) is 3. The molecule has 1 aliphatic rings. The normalized spacial score (nSPS) is 26.7. The highest BCUT2D eigenvalue weighted by molar-refractivity contribution is 5.38. The minimum absolute atomic E-state index is 0.231. The summed E-state index contributed by atoms with van der Waals surface area (Å²) < 4.78 is 0. The highest BCUT2D eigenvalue weighted by Crippen LogP contribution is 2.31. The summed E-state index contributed by atoms with van der Waals surface area (Å²) in [5.74, 6) is 2.17. The van der Waals surface area contributed by atoms with E-state index in [2.05, 4.69) is 11.9 Å². The second-order valence-electron chi connectivity index (χ2n) is 5.44. The Balaban J connectivity index is 1.93. The van der Waals surface area contributed by atoms with E-state index in [1.165, 1.54) is 25.7 Å². The molecule has 1 saturated carbocycles. The van der Waals surface area contributed by atoms with Crippen LogP contribution in [0.4, 0.5) is 5.82 Å². The number of anilines is 1. The molecule has 0 saturated heterocycles. The summed E-state index contributed by atoms with van der Waals surface area (Å²) in [6, 6.07) is 4.20. The molecule has 0 spiro atoms. The molecule has 1 aromatic heterocycles. The van der Waals surface area contributed by atoms with Gasteiger partial charge in [-0.05, 0) is 42.7 Å². The van der Waals surface area contributed by atoms with Crippen LogP contribution >= 0.6 is 0 Å². The lowest BCUT2D eigenvalue weighted by atomic mass is 9.78. The summed E-state index contributed by atoms with van der Waals surface area (Å²) in [5.41, 5.74) is 13.3. The van der Waals surface area contributed by atoms with Crippen molar-refractivity contribution < 1.29 is 0 Å². The van der Waals surface area contributed by atoms with Gasteiger partial charge in [0.1, 0.15) is 5.82 Å². The first-order valence-corrected chi connectivity index (χ1v) is 6.61. The van der Waals surface area contributed by atoms with E-state index in [9.17, 15) is 0 Å². The lowest BCUT2D eigenvalue weighted by Crippen LogP contribution is -2.34. The summed E-state index contributed by atoms with van der Waals surface area (Å²) in [4.78, 5) is 4.11. The SMILES string of the molecule is CC1CCC(C(N)Cc2cccnc2N)CC1. The molecule has 94 valence electrons. The Morgan fingerprint density at radius 3 is 2.71 bits per heavy atom. The van der Waals surface area contributed by atoms with Crippen molar-refractivity contribution in [3.63, 3.8) is 0 Å². The Morgan fingerprint density at radius 2 is 2.06 bits per heavy atom. The molecular formula is C14H23N3. The molecule has 1 fully saturated rings. The molecule has 17 heavy (non-hydrogen) atoms. The number of nitrogens with two attached hydrogens (primary N) is 2. The molecule has 1 aliphatic carbocycles. The van der Waals surface area contributed by atoms with Crippen LogP contribution in [0.3, 0.4) is 0 Å². The van der Waals surface area contributed by atoms with E-state index in [-0.39, 0.29) is 6.04 Å². The zero-order valence-electron chi connectivity index (χ0n) is 10.6. The van der Waals surface area contributed by atoms with E-state index in [0.717, 1.165) is 17.9 Å². The van der Waals surface area contributed by atoms with E-state index in [4.69, 9.17) is 11.5 Å². The van der Waals surface area contributed by atoms with Gasteiger partial charge in [0, 0.05) is 12.2 Å². The predicted octanol–water partition coefficient (Wildman–Crippen LogP) is 2.36. The van der Waals surface area contributed by atoms with Gasteiger partial charge in [-0.15, -0.1) is 0 Å². The van der Waals surface area contributed by atoms with Crippen molar-refractivity contribution in [2.75, 3.05) is 5.73 Å². The van der Waals surface area contributed by atoms with Crippen LogP contribution < -0.4 is 11.5 Å². The molecule has 1 atom stereocenters. The smallest absolute Gasteiger partial charge is 0.126 e. The predicted molar refractivity (Wildman–Crippen MR) is 71.5 cm³/mol. The molecule has 2 rings (SSSR count). The third kappa shape index (κ3) is 3.19. The Morgan fingerprint density at radius 1 is 1.35 bits per heavy atom. The number of pyridine rings is 1. The zero-order chi connectivity index (χ0) is 12.3. The van der Waals surface area contributed by atoms with Crippen LogP contribution in [-0.2, 0) is 6.42 Å². The first-order chi connectivity index (χ1) is 8.16. The van der Waals surface area contributed by atoms with Crippen LogP contribution in [0.2, 0.25) is 0 Å². The molecule has 0 radical (unpaired) electrons.